The van der Waals surface area contributed by atoms with E-state index in [1.54, 1.807) is 4.68 Å². The zero-order valence-corrected chi connectivity index (χ0v) is 18.9. The Hall–Kier alpha value is -3.23. The SMILES string of the molecule is Cn1cc(-c2ccc3cnc(Nc4ccc5c(c4)CCC(N4CCOCC4)CC5)nn23)cn1. The number of hydrogen-bond donors (Lipinski definition) is 1. The Morgan fingerprint density at radius 1 is 1.00 bits per heavy atom. The molecule has 6 rings (SSSR count). The number of aryl methyl sites for hydroxylation is 3. The molecule has 0 saturated carbocycles. The van der Waals surface area contributed by atoms with Crippen LogP contribution < -0.4 is 5.32 Å². The maximum absolute atomic E-state index is 5.54. The zero-order chi connectivity index (χ0) is 22.2. The van der Waals surface area contributed by atoms with E-state index in [0.29, 0.717) is 12.0 Å². The third-order valence-electron chi connectivity index (χ3n) is 6.92. The number of morpholine rings is 1. The van der Waals surface area contributed by atoms with Crippen LogP contribution in [-0.4, -0.2) is 61.6 Å². The van der Waals surface area contributed by atoms with Gasteiger partial charge in [0.15, 0.2) is 0 Å². The number of ether oxygens (including phenoxy) is 1. The number of aromatic nitrogens is 5. The topological polar surface area (TPSA) is 72.5 Å². The van der Waals surface area contributed by atoms with Crippen molar-refractivity contribution in [3.05, 3.63) is 60.0 Å². The van der Waals surface area contributed by atoms with E-state index in [1.807, 2.05) is 36.2 Å². The van der Waals surface area contributed by atoms with Crippen molar-refractivity contribution in [3.63, 3.8) is 0 Å². The van der Waals surface area contributed by atoms with Gasteiger partial charge in [0.1, 0.15) is 0 Å². The fourth-order valence-electron chi connectivity index (χ4n) is 5.14. The third-order valence-corrected chi connectivity index (χ3v) is 6.92. The average Bonchev–Trinajstić information content (AvgIpc) is 3.39. The number of nitrogens with zero attached hydrogens (tertiary/aromatic N) is 6. The smallest absolute Gasteiger partial charge is 0.245 e. The lowest BCUT2D eigenvalue weighted by Crippen LogP contribution is -2.43. The van der Waals surface area contributed by atoms with Crippen LogP contribution in [0.15, 0.2) is 48.9 Å². The molecule has 1 aliphatic carbocycles. The predicted molar refractivity (Wildman–Crippen MR) is 128 cm³/mol. The quantitative estimate of drug-likeness (QED) is 0.487. The molecular weight excluding hydrogens is 414 g/mol. The van der Waals surface area contributed by atoms with E-state index in [-0.39, 0.29) is 0 Å². The Kier molecular flexibility index (Phi) is 5.32. The first kappa shape index (κ1) is 20.4. The largest absolute Gasteiger partial charge is 0.379 e. The molecule has 2 aliphatic rings. The van der Waals surface area contributed by atoms with Crippen LogP contribution in [0.4, 0.5) is 11.6 Å². The molecule has 0 radical (unpaired) electrons. The van der Waals surface area contributed by atoms with Crippen LogP contribution in [0.1, 0.15) is 24.0 Å². The molecule has 3 aromatic heterocycles. The molecule has 4 aromatic rings. The molecule has 8 nitrogen and oxygen atoms in total. The molecule has 1 N–H and O–H groups in total. The Labute approximate surface area is 193 Å². The monoisotopic (exact) mass is 443 g/mol. The van der Waals surface area contributed by atoms with Crippen molar-refractivity contribution in [2.24, 2.45) is 7.05 Å². The second-order valence-corrected chi connectivity index (χ2v) is 9.03. The number of hydrogen-bond acceptors (Lipinski definition) is 6. The van der Waals surface area contributed by atoms with E-state index < -0.39 is 0 Å². The molecule has 1 atom stereocenters. The minimum Gasteiger partial charge on any atom is -0.379 e. The Balaban J connectivity index is 1.21. The highest BCUT2D eigenvalue weighted by atomic mass is 16.5. The Bertz CT molecular complexity index is 1270. The second-order valence-electron chi connectivity index (χ2n) is 9.03. The lowest BCUT2D eigenvalue weighted by atomic mass is 10.0. The second kappa shape index (κ2) is 8.61. The summed E-state index contributed by atoms with van der Waals surface area (Å²) in [7, 11) is 1.92. The molecule has 0 amide bonds. The zero-order valence-electron chi connectivity index (χ0n) is 18.9. The van der Waals surface area contributed by atoms with Gasteiger partial charge in [-0.15, -0.1) is 5.10 Å². The molecule has 1 saturated heterocycles. The minimum atomic E-state index is 0.587. The average molecular weight is 444 g/mol. The number of fused-ring (bicyclic) bond motifs is 2. The Morgan fingerprint density at radius 3 is 2.67 bits per heavy atom. The molecule has 1 unspecified atom stereocenters. The van der Waals surface area contributed by atoms with Crippen LogP contribution in [0.5, 0.6) is 0 Å². The molecule has 8 heteroatoms. The summed E-state index contributed by atoms with van der Waals surface area (Å²) in [5, 5.41) is 12.5. The van der Waals surface area contributed by atoms with Crippen molar-refractivity contribution in [3.8, 4) is 11.3 Å². The molecule has 170 valence electrons. The number of nitrogens with one attached hydrogen (secondary N) is 1. The van der Waals surface area contributed by atoms with Gasteiger partial charge >= 0.3 is 0 Å². The van der Waals surface area contributed by atoms with Crippen molar-refractivity contribution in [2.45, 2.75) is 31.7 Å². The molecule has 0 bridgehead atoms. The molecule has 4 heterocycles. The van der Waals surface area contributed by atoms with Crippen molar-refractivity contribution in [1.29, 1.82) is 0 Å². The first-order valence-electron chi connectivity index (χ1n) is 11.8. The highest BCUT2D eigenvalue weighted by Gasteiger charge is 2.24. The van der Waals surface area contributed by atoms with Crippen LogP contribution in [-0.2, 0) is 24.6 Å². The van der Waals surface area contributed by atoms with Gasteiger partial charge in [0, 0.05) is 43.6 Å². The molecule has 1 aromatic carbocycles. The maximum atomic E-state index is 5.54. The molecular formula is C25H29N7O. The van der Waals surface area contributed by atoms with Crippen molar-refractivity contribution in [1.82, 2.24) is 29.3 Å². The van der Waals surface area contributed by atoms with Gasteiger partial charge in [0.05, 0.1) is 36.8 Å². The Morgan fingerprint density at radius 2 is 1.85 bits per heavy atom. The third kappa shape index (κ3) is 4.12. The number of benzene rings is 1. The van der Waals surface area contributed by atoms with E-state index in [9.17, 15) is 0 Å². The summed E-state index contributed by atoms with van der Waals surface area (Å²) in [6.07, 6.45) is 10.4. The maximum Gasteiger partial charge on any atom is 0.245 e. The predicted octanol–water partition coefficient (Wildman–Crippen LogP) is 3.45. The summed E-state index contributed by atoms with van der Waals surface area (Å²) in [4.78, 5) is 7.16. The van der Waals surface area contributed by atoms with Crippen molar-refractivity contribution in [2.75, 3.05) is 31.6 Å². The first-order chi connectivity index (χ1) is 16.2. The van der Waals surface area contributed by atoms with Crippen LogP contribution in [0, 0.1) is 0 Å². The highest BCUT2D eigenvalue weighted by Crippen LogP contribution is 2.28. The number of anilines is 2. The van der Waals surface area contributed by atoms with E-state index in [2.05, 4.69) is 44.6 Å². The van der Waals surface area contributed by atoms with E-state index in [0.717, 1.165) is 61.6 Å². The summed E-state index contributed by atoms with van der Waals surface area (Å²) in [5.74, 6) is 0.587. The van der Waals surface area contributed by atoms with Gasteiger partial charge in [-0.1, -0.05) is 6.07 Å². The fourth-order valence-corrected chi connectivity index (χ4v) is 5.14. The number of rotatable bonds is 4. The molecule has 1 fully saturated rings. The van der Waals surface area contributed by atoms with Crippen molar-refractivity contribution >= 4 is 17.2 Å². The first-order valence-corrected chi connectivity index (χ1v) is 11.8. The lowest BCUT2D eigenvalue weighted by Gasteiger charge is -2.33. The fraction of sp³-hybridized carbons (Fsp3) is 0.400. The van der Waals surface area contributed by atoms with Crippen LogP contribution in [0.3, 0.4) is 0 Å². The summed E-state index contributed by atoms with van der Waals surface area (Å²) >= 11 is 0. The molecule has 0 spiro atoms. The van der Waals surface area contributed by atoms with E-state index in [4.69, 9.17) is 9.84 Å². The van der Waals surface area contributed by atoms with Gasteiger partial charge in [0.25, 0.3) is 0 Å². The van der Waals surface area contributed by atoms with Gasteiger partial charge in [-0.05, 0) is 61.1 Å². The van der Waals surface area contributed by atoms with Gasteiger partial charge < -0.3 is 10.1 Å². The highest BCUT2D eigenvalue weighted by molar-refractivity contribution is 5.66. The van der Waals surface area contributed by atoms with Crippen molar-refractivity contribution < 1.29 is 4.74 Å². The van der Waals surface area contributed by atoms with E-state index in [1.165, 1.54) is 24.0 Å². The van der Waals surface area contributed by atoms with Crippen LogP contribution in [0.25, 0.3) is 16.8 Å². The molecule has 1 aliphatic heterocycles. The standard InChI is InChI=1S/C25H29N7O/c1-30-17-20(15-27-30)24-9-8-23-16-26-25(29-32(23)24)28-21-5-2-18-3-6-22(7-4-19(18)14-21)31-10-12-33-13-11-31/h2,5,8-9,14-17,22H,3-4,6-7,10-13H2,1H3,(H,28,29). The van der Waals surface area contributed by atoms with Crippen LogP contribution in [0.2, 0.25) is 0 Å². The summed E-state index contributed by atoms with van der Waals surface area (Å²) in [5.41, 5.74) is 6.93. The summed E-state index contributed by atoms with van der Waals surface area (Å²) < 4.78 is 9.26. The lowest BCUT2D eigenvalue weighted by molar-refractivity contribution is 0.0136. The van der Waals surface area contributed by atoms with Gasteiger partial charge in [0.2, 0.25) is 5.95 Å². The summed E-state index contributed by atoms with van der Waals surface area (Å²) in [6, 6.07) is 11.4. The van der Waals surface area contributed by atoms with Gasteiger partial charge in [-0.3, -0.25) is 9.58 Å². The molecule has 33 heavy (non-hydrogen) atoms. The normalized spacial score (nSPS) is 19.4. The van der Waals surface area contributed by atoms with Gasteiger partial charge in [-0.25, -0.2) is 9.50 Å². The summed E-state index contributed by atoms with van der Waals surface area (Å²) in [6.45, 7) is 3.86. The minimum absolute atomic E-state index is 0.587. The van der Waals surface area contributed by atoms with Gasteiger partial charge in [-0.2, -0.15) is 5.10 Å². The van der Waals surface area contributed by atoms with Crippen LogP contribution >= 0.6 is 0 Å². The van der Waals surface area contributed by atoms with E-state index >= 15 is 0 Å².